The fraction of sp³-hybridized carbons (Fsp3) is 1.00. The van der Waals surface area contributed by atoms with Gasteiger partial charge in [0.1, 0.15) is 0 Å². The van der Waals surface area contributed by atoms with Crippen molar-refractivity contribution in [2.75, 3.05) is 0 Å². The summed E-state index contributed by atoms with van der Waals surface area (Å²) < 4.78 is 0. The van der Waals surface area contributed by atoms with Gasteiger partial charge in [-0.1, -0.05) is 37.6 Å². The first-order valence-corrected chi connectivity index (χ1v) is 4.04. The molecule has 1 aliphatic carbocycles. The molecule has 0 bridgehead atoms. The van der Waals surface area contributed by atoms with Crippen molar-refractivity contribution in [3.05, 3.63) is 0 Å². The first-order chi connectivity index (χ1) is 3.39. The van der Waals surface area contributed by atoms with Crippen LogP contribution in [0.1, 0.15) is 32.1 Å². The molecule has 0 saturated heterocycles. The maximum atomic E-state index is 2.18. The molecule has 0 amide bonds. The Kier molecular flexibility index (Phi) is 18.5. The van der Waals surface area contributed by atoms with Crippen LogP contribution in [0.2, 0.25) is 5.54 Å². The van der Waals surface area contributed by atoms with Gasteiger partial charge in [0, 0.05) is 10.2 Å². The Hall–Kier alpha value is 1.51. The maximum absolute atomic E-state index is 2.18. The zero-order valence-corrected chi connectivity index (χ0v) is 10.6. The average Bonchev–Trinajstić information content (AvgIpc) is 1.69. The standard InChI is InChI=1S/C6H13Si.2ClH.Ti/c7-6-4-2-1-3-5-6;;;/h6H,1-5,7H2;2*1H;/q;;;+2/p-2. The minimum Gasteiger partial charge on any atom is -1.00 e. The molecule has 4 heteroatoms. The van der Waals surface area contributed by atoms with Gasteiger partial charge in [0.25, 0.3) is 0 Å². The SMILES string of the molecule is [Cl-].[Cl-].[SiH2]C1CCCCC1.[Ti+2]. The molecule has 0 atom stereocenters. The molecule has 1 rings (SSSR count). The van der Waals surface area contributed by atoms with E-state index in [1.165, 1.54) is 32.1 Å². The molecule has 0 aromatic rings. The van der Waals surface area contributed by atoms with E-state index in [9.17, 15) is 0 Å². The third-order valence-corrected chi connectivity index (χ3v) is 2.54. The van der Waals surface area contributed by atoms with Crippen LogP contribution >= 0.6 is 0 Å². The summed E-state index contributed by atoms with van der Waals surface area (Å²) in [6, 6.07) is 0. The quantitative estimate of drug-likeness (QED) is 0.369. The van der Waals surface area contributed by atoms with Crippen molar-refractivity contribution in [2.24, 2.45) is 0 Å². The molecule has 59 valence electrons. The van der Waals surface area contributed by atoms with Gasteiger partial charge in [0.15, 0.2) is 0 Å². The largest absolute Gasteiger partial charge is 2.00 e. The first-order valence-electron chi connectivity index (χ1n) is 3.22. The molecule has 0 nitrogen and oxygen atoms in total. The average molecular weight is 232 g/mol. The van der Waals surface area contributed by atoms with Gasteiger partial charge in [0.2, 0.25) is 0 Å². The Labute approximate surface area is 94.0 Å². The second kappa shape index (κ2) is 10.5. The minimum absolute atomic E-state index is 0. The van der Waals surface area contributed by atoms with E-state index >= 15 is 0 Å². The number of halogens is 2. The summed E-state index contributed by atoms with van der Waals surface area (Å²) in [5, 5.41) is 0. The molecule has 0 N–H and O–H groups in total. The van der Waals surface area contributed by atoms with Gasteiger partial charge in [-0.05, 0) is 0 Å². The first kappa shape index (κ1) is 17.6. The Morgan fingerprint density at radius 3 is 1.50 bits per heavy atom. The van der Waals surface area contributed by atoms with Crippen molar-refractivity contribution in [3.8, 4) is 0 Å². The molecule has 1 aliphatic rings. The summed E-state index contributed by atoms with van der Waals surface area (Å²) in [5.41, 5.74) is 1.06. The van der Waals surface area contributed by atoms with Crippen LogP contribution in [-0.2, 0) is 21.7 Å². The van der Waals surface area contributed by atoms with E-state index in [1.54, 1.807) is 0 Å². The number of hydrogen-bond donors (Lipinski definition) is 0. The predicted octanol–water partition coefficient (Wildman–Crippen LogP) is -4.62. The molecular formula is C6H13Cl2SiTi. The van der Waals surface area contributed by atoms with Gasteiger partial charge in [0.05, 0.1) is 0 Å². The maximum Gasteiger partial charge on any atom is 2.00 e. The second-order valence-corrected chi connectivity index (χ2v) is 3.66. The third kappa shape index (κ3) is 7.62. The molecule has 1 fully saturated rings. The summed E-state index contributed by atoms with van der Waals surface area (Å²) >= 11 is 0. The Morgan fingerprint density at radius 2 is 1.30 bits per heavy atom. The topological polar surface area (TPSA) is 0 Å². The molecule has 1 saturated carbocycles. The fourth-order valence-corrected chi connectivity index (χ4v) is 1.76. The van der Waals surface area contributed by atoms with E-state index in [1.807, 2.05) is 0 Å². The molecule has 0 heterocycles. The van der Waals surface area contributed by atoms with Crippen molar-refractivity contribution < 1.29 is 46.5 Å². The van der Waals surface area contributed by atoms with E-state index in [2.05, 4.69) is 10.2 Å². The molecular weight excluding hydrogens is 219 g/mol. The molecule has 0 unspecified atom stereocenters. The van der Waals surface area contributed by atoms with E-state index in [4.69, 9.17) is 0 Å². The van der Waals surface area contributed by atoms with E-state index in [0.29, 0.717) is 0 Å². The van der Waals surface area contributed by atoms with Gasteiger partial charge in [-0.2, -0.15) is 0 Å². The van der Waals surface area contributed by atoms with E-state index in [0.717, 1.165) is 5.54 Å². The zero-order chi connectivity index (χ0) is 5.11. The molecule has 10 heavy (non-hydrogen) atoms. The predicted molar refractivity (Wildman–Crippen MR) is 35.4 cm³/mol. The van der Waals surface area contributed by atoms with Gasteiger partial charge < -0.3 is 24.8 Å². The summed E-state index contributed by atoms with van der Waals surface area (Å²) in [7, 11) is 2.18. The van der Waals surface area contributed by atoms with Crippen LogP contribution < -0.4 is 24.8 Å². The molecule has 1 radical (unpaired) electrons. The monoisotopic (exact) mass is 231 g/mol. The van der Waals surface area contributed by atoms with Gasteiger partial charge >= 0.3 is 21.7 Å². The van der Waals surface area contributed by atoms with Crippen LogP contribution in [0.5, 0.6) is 0 Å². The fourth-order valence-electron chi connectivity index (χ4n) is 1.19. The molecule has 0 aliphatic heterocycles. The Bertz CT molecular complexity index is 57.7. The van der Waals surface area contributed by atoms with Crippen LogP contribution in [0.25, 0.3) is 0 Å². The van der Waals surface area contributed by atoms with E-state index in [-0.39, 0.29) is 46.5 Å². The van der Waals surface area contributed by atoms with Crippen molar-refractivity contribution in [1.29, 1.82) is 0 Å². The summed E-state index contributed by atoms with van der Waals surface area (Å²) in [4.78, 5) is 0. The van der Waals surface area contributed by atoms with Crippen molar-refractivity contribution in [3.63, 3.8) is 0 Å². The summed E-state index contributed by atoms with van der Waals surface area (Å²) in [6.07, 6.45) is 7.48. The van der Waals surface area contributed by atoms with Crippen molar-refractivity contribution >= 4 is 10.2 Å². The van der Waals surface area contributed by atoms with Gasteiger partial charge in [-0.3, -0.25) is 0 Å². The Balaban J connectivity index is -0.000000163. The normalized spacial score (nSPS) is 17.7. The van der Waals surface area contributed by atoms with Crippen LogP contribution in [0.3, 0.4) is 0 Å². The van der Waals surface area contributed by atoms with Crippen LogP contribution in [0.4, 0.5) is 0 Å². The third-order valence-electron chi connectivity index (χ3n) is 1.72. The minimum atomic E-state index is 0. The zero-order valence-electron chi connectivity index (χ0n) is 6.08. The second-order valence-electron chi connectivity index (χ2n) is 2.50. The molecule has 0 aromatic heterocycles. The van der Waals surface area contributed by atoms with Crippen molar-refractivity contribution in [2.45, 2.75) is 37.6 Å². The molecule has 0 aromatic carbocycles. The van der Waals surface area contributed by atoms with E-state index < -0.39 is 0 Å². The molecule has 0 spiro atoms. The van der Waals surface area contributed by atoms with Gasteiger partial charge in [-0.15, -0.1) is 0 Å². The van der Waals surface area contributed by atoms with Crippen molar-refractivity contribution in [1.82, 2.24) is 0 Å². The van der Waals surface area contributed by atoms with Crippen LogP contribution in [0, 0.1) is 0 Å². The van der Waals surface area contributed by atoms with Crippen LogP contribution in [-0.4, -0.2) is 10.2 Å². The summed E-state index contributed by atoms with van der Waals surface area (Å²) in [6.45, 7) is 0. The smallest absolute Gasteiger partial charge is 1.00 e. The number of rotatable bonds is 0. The Morgan fingerprint density at radius 1 is 0.900 bits per heavy atom. The van der Waals surface area contributed by atoms with Gasteiger partial charge in [-0.25, -0.2) is 0 Å². The number of hydrogen-bond acceptors (Lipinski definition) is 0. The summed E-state index contributed by atoms with van der Waals surface area (Å²) in [5.74, 6) is 0. The van der Waals surface area contributed by atoms with Crippen LogP contribution in [0.15, 0.2) is 0 Å².